The molecule has 0 saturated carbocycles. The summed E-state index contributed by atoms with van der Waals surface area (Å²) in [5.41, 5.74) is 8.58. The van der Waals surface area contributed by atoms with Crippen molar-refractivity contribution in [3.8, 4) is 0 Å². The van der Waals surface area contributed by atoms with Crippen molar-refractivity contribution in [2.45, 2.75) is 31.7 Å². The molecule has 1 aromatic carbocycles. The highest BCUT2D eigenvalue weighted by atomic mass is 32.1. The van der Waals surface area contributed by atoms with Crippen molar-refractivity contribution in [1.29, 1.82) is 0 Å². The Balaban J connectivity index is 1.85. The number of nitrogens with two attached hydrogens (primary N) is 1. The zero-order valence-electron chi connectivity index (χ0n) is 9.73. The average Bonchev–Trinajstić information content (AvgIpc) is 2.74. The van der Waals surface area contributed by atoms with Crippen LogP contribution in [-0.2, 0) is 12.8 Å². The van der Waals surface area contributed by atoms with Crippen LogP contribution < -0.4 is 5.73 Å². The van der Waals surface area contributed by atoms with Gasteiger partial charge in [0.2, 0.25) is 0 Å². The summed E-state index contributed by atoms with van der Waals surface area (Å²) in [6.45, 7) is 0. The van der Waals surface area contributed by atoms with E-state index in [0.29, 0.717) is 0 Å². The molecule has 1 aromatic heterocycles. The molecule has 0 radical (unpaired) electrons. The Morgan fingerprint density at radius 2 is 2.12 bits per heavy atom. The first-order valence-corrected chi connectivity index (χ1v) is 6.92. The van der Waals surface area contributed by atoms with E-state index in [0.717, 1.165) is 25.0 Å². The second kappa shape index (κ2) is 4.59. The maximum Gasteiger partial charge on any atom is 0.0975 e. The van der Waals surface area contributed by atoms with Crippen molar-refractivity contribution < 1.29 is 0 Å². The number of aryl methyl sites for hydroxylation is 1. The highest BCUT2D eigenvalue weighted by molar-refractivity contribution is 7.11. The first kappa shape index (κ1) is 10.9. The van der Waals surface area contributed by atoms with Gasteiger partial charge in [-0.25, -0.2) is 4.98 Å². The van der Waals surface area contributed by atoms with E-state index in [1.54, 1.807) is 0 Å². The Morgan fingerprint density at radius 3 is 2.88 bits per heavy atom. The Labute approximate surface area is 106 Å². The number of thiazole rings is 1. The van der Waals surface area contributed by atoms with E-state index in [-0.39, 0.29) is 6.04 Å². The third kappa shape index (κ3) is 2.26. The second-order valence-electron chi connectivity index (χ2n) is 4.58. The topological polar surface area (TPSA) is 38.9 Å². The van der Waals surface area contributed by atoms with E-state index in [4.69, 9.17) is 10.7 Å². The Kier molecular flexibility index (Phi) is 2.95. The van der Waals surface area contributed by atoms with Gasteiger partial charge in [-0.05, 0) is 24.8 Å². The SMILES string of the molecule is NC1CCCc2sc(Cc3ccccc3)nc21. The van der Waals surface area contributed by atoms with Crippen LogP contribution in [0.5, 0.6) is 0 Å². The van der Waals surface area contributed by atoms with Crippen LogP contribution in [-0.4, -0.2) is 4.98 Å². The maximum absolute atomic E-state index is 6.10. The molecular formula is C14H16N2S. The third-order valence-corrected chi connectivity index (χ3v) is 4.37. The van der Waals surface area contributed by atoms with Gasteiger partial charge in [0.15, 0.2) is 0 Å². The fourth-order valence-electron chi connectivity index (χ4n) is 2.35. The van der Waals surface area contributed by atoms with Crippen molar-refractivity contribution in [3.63, 3.8) is 0 Å². The van der Waals surface area contributed by atoms with Gasteiger partial charge in [-0.3, -0.25) is 0 Å². The molecule has 0 spiro atoms. The van der Waals surface area contributed by atoms with Gasteiger partial charge in [0, 0.05) is 17.3 Å². The van der Waals surface area contributed by atoms with Crippen molar-refractivity contribution >= 4 is 11.3 Å². The van der Waals surface area contributed by atoms with Gasteiger partial charge in [-0.1, -0.05) is 30.3 Å². The minimum absolute atomic E-state index is 0.166. The summed E-state index contributed by atoms with van der Waals surface area (Å²) in [5, 5.41) is 1.21. The molecule has 2 nitrogen and oxygen atoms in total. The molecule has 1 aliphatic rings. The van der Waals surface area contributed by atoms with Gasteiger partial charge in [-0.15, -0.1) is 11.3 Å². The molecule has 1 unspecified atom stereocenters. The number of aromatic nitrogens is 1. The van der Waals surface area contributed by atoms with Crippen LogP contribution in [0.4, 0.5) is 0 Å². The molecule has 0 bridgehead atoms. The Bertz CT molecular complexity index is 504. The van der Waals surface area contributed by atoms with Gasteiger partial charge >= 0.3 is 0 Å². The normalized spacial score (nSPS) is 19.0. The van der Waals surface area contributed by atoms with Crippen LogP contribution in [0.25, 0.3) is 0 Å². The predicted molar refractivity (Wildman–Crippen MR) is 71.2 cm³/mol. The van der Waals surface area contributed by atoms with E-state index >= 15 is 0 Å². The van der Waals surface area contributed by atoms with E-state index < -0.39 is 0 Å². The minimum atomic E-state index is 0.166. The summed E-state index contributed by atoms with van der Waals surface area (Å²) < 4.78 is 0. The zero-order valence-corrected chi connectivity index (χ0v) is 10.5. The monoisotopic (exact) mass is 244 g/mol. The molecule has 3 heteroatoms. The van der Waals surface area contributed by atoms with Gasteiger partial charge in [0.05, 0.1) is 10.7 Å². The molecule has 0 amide bonds. The van der Waals surface area contributed by atoms with Crippen molar-refractivity contribution in [3.05, 3.63) is 51.5 Å². The second-order valence-corrected chi connectivity index (χ2v) is 5.75. The van der Waals surface area contributed by atoms with Crippen LogP contribution in [0, 0.1) is 0 Å². The molecule has 0 saturated heterocycles. The van der Waals surface area contributed by atoms with Crippen LogP contribution in [0.15, 0.2) is 30.3 Å². The average molecular weight is 244 g/mol. The molecule has 2 N–H and O–H groups in total. The van der Waals surface area contributed by atoms with Crippen molar-refractivity contribution in [2.24, 2.45) is 5.73 Å². The van der Waals surface area contributed by atoms with Gasteiger partial charge in [-0.2, -0.15) is 0 Å². The van der Waals surface area contributed by atoms with Crippen LogP contribution >= 0.6 is 11.3 Å². The summed E-state index contributed by atoms with van der Waals surface area (Å²) in [5.74, 6) is 0. The Morgan fingerprint density at radius 1 is 1.29 bits per heavy atom. The summed E-state index contributed by atoms with van der Waals surface area (Å²) in [6.07, 6.45) is 4.39. The quantitative estimate of drug-likeness (QED) is 0.881. The van der Waals surface area contributed by atoms with Crippen molar-refractivity contribution in [2.75, 3.05) is 0 Å². The Hall–Kier alpha value is -1.19. The molecular weight excluding hydrogens is 228 g/mol. The summed E-state index contributed by atoms with van der Waals surface area (Å²) >= 11 is 1.84. The lowest BCUT2D eigenvalue weighted by Crippen LogP contribution is -2.16. The molecule has 2 aromatic rings. The molecule has 0 aliphatic heterocycles. The molecule has 17 heavy (non-hydrogen) atoms. The van der Waals surface area contributed by atoms with Crippen LogP contribution in [0.2, 0.25) is 0 Å². The summed E-state index contributed by atoms with van der Waals surface area (Å²) in [4.78, 5) is 6.13. The predicted octanol–water partition coefficient (Wildman–Crippen LogP) is 3.07. The van der Waals surface area contributed by atoms with Gasteiger partial charge in [0.1, 0.15) is 0 Å². The van der Waals surface area contributed by atoms with E-state index in [9.17, 15) is 0 Å². The summed E-state index contributed by atoms with van der Waals surface area (Å²) in [7, 11) is 0. The molecule has 1 aliphatic carbocycles. The zero-order chi connectivity index (χ0) is 11.7. The molecule has 0 fully saturated rings. The van der Waals surface area contributed by atoms with Crippen LogP contribution in [0.3, 0.4) is 0 Å². The first-order chi connectivity index (χ1) is 8.33. The molecule has 3 rings (SSSR count). The number of hydrogen-bond donors (Lipinski definition) is 1. The fraction of sp³-hybridized carbons (Fsp3) is 0.357. The lowest BCUT2D eigenvalue weighted by atomic mass is 9.99. The third-order valence-electron chi connectivity index (χ3n) is 3.24. The molecule has 1 heterocycles. The minimum Gasteiger partial charge on any atom is -0.323 e. The summed E-state index contributed by atoms with van der Waals surface area (Å²) in [6, 6.07) is 10.7. The van der Waals surface area contributed by atoms with E-state index in [1.165, 1.54) is 21.9 Å². The molecule has 1 atom stereocenters. The smallest absolute Gasteiger partial charge is 0.0975 e. The number of benzene rings is 1. The first-order valence-electron chi connectivity index (χ1n) is 6.11. The van der Waals surface area contributed by atoms with Gasteiger partial charge in [0.25, 0.3) is 0 Å². The highest BCUT2D eigenvalue weighted by Gasteiger charge is 2.21. The van der Waals surface area contributed by atoms with Crippen LogP contribution in [0.1, 0.15) is 40.0 Å². The number of hydrogen-bond acceptors (Lipinski definition) is 3. The van der Waals surface area contributed by atoms with E-state index in [2.05, 4.69) is 24.3 Å². The maximum atomic E-state index is 6.10. The van der Waals surface area contributed by atoms with Crippen molar-refractivity contribution in [1.82, 2.24) is 4.98 Å². The number of fused-ring (bicyclic) bond motifs is 1. The van der Waals surface area contributed by atoms with Gasteiger partial charge < -0.3 is 5.73 Å². The lowest BCUT2D eigenvalue weighted by molar-refractivity contribution is 0.562. The standard InChI is InChI=1S/C14H16N2S/c15-11-7-4-8-12-14(11)16-13(17-12)9-10-5-2-1-3-6-10/h1-3,5-6,11H,4,7-9,15H2. The van der Waals surface area contributed by atoms with E-state index in [1.807, 2.05) is 17.4 Å². The molecule has 88 valence electrons. The number of nitrogens with zero attached hydrogens (tertiary/aromatic N) is 1. The fourth-order valence-corrected chi connectivity index (χ4v) is 3.56. The number of rotatable bonds is 2. The lowest BCUT2D eigenvalue weighted by Gasteiger charge is -2.15. The highest BCUT2D eigenvalue weighted by Crippen LogP contribution is 2.32. The largest absolute Gasteiger partial charge is 0.323 e.